The summed E-state index contributed by atoms with van der Waals surface area (Å²) in [6.45, 7) is 0. The fraction of sp³-hybridized carbons (Fsp3) is 0.250. The summed E-state index contributed by atoms with van der Waals surface area (Å²) in [4.78, 5) is 0. The summed E-state index contributed by atoms with van der Waals surface area (Å²) in [5, 5.41) is 0.392. The van der Waals surface area contributed by atoms with E-state index in [-0.39, 0.29) is 22.8 Å². The van der Waals surface area contributed by atoms with E-state index in [1.807, 2.05) is 0 Å². The van der Waals surface area contributed by atoms with Crippen LogP contribution in [-0.2, 0) is 12.8 Å². The van der Waals surface area contributed by atoms with Crippen molar-refractivity contribution in [3.8, 4) is 0 Å². The standard InChI is InChI=1S/C16H13Cl2F3/c17-11-5-10(6-13(19)7-11)3-1-2-4-14-15(20)8-12(18)9-16(14)21/h5-9H,1-4H2. The summed E-state index contributed by atoms with van der Waals surface area (Å²) in [7, 11) is 0. The Morgan fingerprint density at radius 2 is 1.29 bits per heavy atom. The molecular formula is C16H13Cl2F3. The van der Waals surface area contributed by atoms with E-state index < -0.39 is 11.6 Å². The lowest BCUT2D eigenvalue weighted by atomic mass is 10.0. The molecule has 2 aromatic rings. The van der Waals surface area contributed by atoms with Crippen LogP contribution >= 0.6 is 23.2 Å². The van der Waals surface area contributed by atoms with Crippen LogP contribution in [0.25, 0.3) is 0 Å². The summed E-state index contributed by atoms with van der Waals surface area (Å²) in [6.07, 6.45) is 2.15. The van der Waals surface area contributed by atoms with E-state index in [0.717, 1.165) is 17.7 Å². The van der Waals surface area contributed by atoms with Crippen molar-refractivity contribution >= 4 is 23.2 Å². The molecule has 0 amide bonds. The van der Waals surface area contributed by atoms with Crippen molar-refractivity contribution in [1.82, 2.24) is 0 Å². The lowest BCUT2D eigenvalue weighted by Gasteiger charge is -2.06. The summed E-state index contributed by atoms with van der Waals surface area (Å²) in [6, 6.07) is 6.55. The molecule has 112 valence electrons. The van der Waals surface area contributed by atoms with Crippen molar-refractivity contribution in [1.29, 1.82) is 0 Å². The molecule has 5 heteroatoms. The van der Waals surface area contributed by atoms with Gasteiger partial charge >= 0.3 is 0 Å². The first-order valence-corrected chi connectivity index (χ1v) is 7.29. The van der Waals surface area contributed by atoms with E-state index in [1.165, 1.54) is 12.1 Å². The van der Waals surface area contributed by atoms with Gasteiger partial charge in [0, 0.05) is 15.6 Å². The predicted molar refractivity (Wildman–Crippen MR) is 79.4 cm³/mol. The van der Waals surface area contributed by atoms with Gasteiger partial charge in [0.15, 0.2) is 0 Å². The Morgan fingerprint density at radius 3 is 1.90 bits per heavy atom. The first-order chi connectivity index (χ1) is 9.95. The van der Waals surface area contributed by atoms with E-state index in [4.69, 9.17) is 23.2 Å². The maximum atomic E-state index is 13.6. The predicted octanol–water partition coefficient (Wildman–Crippen LogP) is 5.98. The Balaban J connectivity index is 1.90. The summed E-state index contributed by atoms with van der Waals surface area (Å²) in [5.41, 5.74) is 0.814. The highest BCUT2D eigenvalue weighted by atomic mass is 35.5. The smallest absolute Gasteiger partial charge is 0.130 e. The molecule has 0 fully saturated rings. The monoisotopic (exact) mass is 332 g/mol. The number of hydrogen-bond donors (Lipinski definition) is 0. The second-order valence-electron chi connectivity index (χ2n) is 4.83. The molecule has 0 aromatic heterocycles. The third kappa shape index (κ3) is 4.65. The summed E-state index contributed by atoms with van der Waals surface area (Å²) >= 11 is 11.3. The molecule has 0 bridgehead atoms. The Morgan fingerprint density at radius 1 is 0.714 bits per heavy atom. The van der Waals surface area contributed by atoms with Crippen LogP contribution in [0.2, 0.25) is 10.0 Å². The van der Waals surface area contributed by atoms with Gasteiger partial charge in [0.25, 0.3) is 0 Å². The van der Waals surface area contributed by atoms with Crippen molar-refractivity contribution in [2.45, 2.75) is 25.7 Å². The molecule has 0 heterocycles. The lowest BCUT2D eigenvalue weighted by molar-refractivity contribution is 0.546. The molecule has 0 spiro atoms. The van der Waals surface area contributed by atoms with Crippen LogP contribution < -0.4 is 0 Å². The molecule has 0 radical (unpaired) electrons. The Kier molecular flexibility index (Phi) is 5.54. The van der Waals surface area contributed by atoms with E-state index in [9.17, 15) is 13.2 Å². The van der Waals surface area contributed by atoms with Gasteiger partial charge in [-0.05, 0) is 61.6 Å². The van der Waals surface area contributed by atoms with Gasteiger partial charge in [0.1, 0.15) is 17.5 Å². The van der Waals surface area contributed by atoms with E-state index >= 15 is 0 Å². The van der Waals surface area contributed by atoms with Crippen LogP contribution in [0.3, 0.4) is 0 Å². The first-order valence-electron chi connectivity index (χ1n) is 6.54. The molecule has 0 aliphatic carbocycles. The average Bonchev–Trinajstić information content (AvgIpc) is 2.35. The van der Waals surface area contributed by atoms with Crippen LogP contribution in [-0.4, -0.2) is 0 Å². The molecule has 0 aliphatic rings. The second-order valence-corrected chi connectivity index (χ2v) is 5.71. The zero-order valence-electron chi connectivity index (χ0n) is 11.1. The van der Waals surface area contributed by atoms with E-state index in [0.29, 0.717) is 24.3 Å². The van der Waals surface area contributed by atoms with Gasteiger partial charge in [-0.15, -0.1) is 0 Å². The first kappa shape index (κ1) is 16.2. The quantitative estimate of drug-likeness (QED) is 0.591. The highest BCUT2D eigenvalue weighted by Crippen LogP contribution is 2.21. The molecule has 0 aliphatic heterocycles. The van der Waals surface area contributed by atoms with Gasteiger partial charge in [-0.25, -0.2) is 13.2 Å². The third-order valence-corrected chi connectivity index (χ3v) is 3.61. The molecule has 0 saturated heterocycles. The molecule has 21 heavy (non-hydrogen) atoms. The van der Waals surface area contributed by atoms with Crippen molar-refractivity contribution in [3.05, 3.63) is 69.0 Å². The van der Waals surface area contributed by atoms with Crippen LogP contribution in [0.5, 0.6) is 0 Å². The van der Waals surface area contributed by atoms with Gasteiger partial charge in [0.05, 0.1) is 0 Å². The molecule has 2 rings (SSSR count). The molecule has 0 atom stereocenters. The highest BCUT2D eigenvalue weighted by molar-refractivity contribution is 6.30. The normalized spacial score (nSPS) is 10.9. The molecule has 2 aromatic carbocycles. The molecule has 0 unspecified atom stereocenters. The maximum absolute atomic E-state index is 13.6. The number of unbranched alkanes of at least 4 members (excludes halogenated alkanes) is 1. The van der Waals surface area contributed by atoms with Crippen LogP contribution in [0.15, 0.2) is 30.3 Å². The van der Waals surface area contributed by atoms with Crippen molar-refractivity contribution < 1.29 is 13.2 Å². The maximum Gasteiger partial charge on any atom is 0.130 e. The Bertz CT molecular complexity index is 598. The van der Waals surface area contributed by atoms with Gasteiger partial charge in [0.2, 0.25) is 0 Å². The van der Waals surface area contributed by atoms with Crippen LogP contribution in [0, 0.1) is 17.5 Å². The second kappa shape index (κ2) is 7.19. The highest BCUT2D eigenvalue weighted by Gasteiger charge is 2.10. The zero-order chi connectivity index (χ0) is 15.4. The number of aryl methyl sites for hydroxylation is 1. The third-order valence-electron chi connectivity index (χ3n) is 3.17. The minimum Gasteiger partial charge on any atom is -0.207 e. The minimum absolute atomic E-state index is 0.0386. The SMILES string of the molecule is Fc1cc(Cl)cc(CCCCc2c(F)cc(Cl)cc2F)c1. The van der Waals surface area contributed by atoms with Gasteiger partial charge in [-0.2, -0.15) is 0 Å². The van der Waals surface area contributed by atoms with E-state index in [1.54, 1.807) is 6.07 Å². The number of benzene rings is 2. The largest absolute Gasteiger partial charge is 0.207 e. The minimum atomic E-state index is -0.631. The van der Waals surface area contributed by atoms with Crippen molar-refractivity contribution in [3.63, 3.8) is 0 Å². The van der Waals surface area contributed by atoms with Crippen LogP contribution in [0.4, 0.5) is 13.2 Å². The van der Waals surface area contributed by atoms with Crippen molar-refractivity contribution in [2.75, 3.05) is 0 Å². The molecule has 0 saturated carbocycles. The zero-order valence-corrected chi connectivity index (χ0v) is 12.6. The lowest BCUT2D eigenvalue weighted by Crippen LogP contribution is -1.97. The van der Waals surface area contributed by atoms with E-state index in [2.05, 4.69) is 0 Å². The molecule has 0 N–H and O–H groups in total. The fourth-order valence-electron chi connectivity index (χ4n) is 2.20. The Labute approximate surface area is 131 Å². The number of rotatable bonds is 5. The summed E-state index contributed by atoms with van der Waals surface area (Å²) in [5.74, 6) is -1.64. The number of hydrogen-bond acceptors (Lipinski definition) is 0. The van der Waals surface area contributed by atoms with Gasteiger partial charge < -0.3 is 0 Å². The van der Waals surface area contributed by atoms with Crippen molar-refractivity contribution in [2.24, 2.45) is 0 Å². The molecular weight excluding hydrogens is 320 g/mol. The topological polar surface area (TPSA) is 0 Å². The Hall–Kier alpha value is -1.19. The summed E-state index contributed by atoms with van der Waals surface area (Å²) < 4.78 is 40.3. The molecule has 0 nitrogen and oxygen atoms in total. The van der Waals surface area contributed by atoms with Gasteiger partial charge in [-0.3, -0.25) is 0 Å². The van der Waals surface area contributed by atoms with Crippen LogP contribution in [0.1, 0.15) is 24.0 Å². The fourth-order valence-corrected chi connectivity index (χ4v) is 2.63. The number of halogens is 5. The van der Waals surface area contributed by atoms with Gasteiger partial charge in [-0.1, -0.05) is 23.2 Å². The average molecular weight is 333 g/mol.